The summed E-state index contributed by atoms with van der Waals surface area (Å²) in [6.07, 6.45) is 2.76. The van der Waals surface area contributed by atoms with Crippen molar-refractivity contribution in [3.8, 4) is 5.75 Å². The molecule has 0 amide bonds. The van der Waals surface area contributed by atoms with E-state index < -0.39 is 6.10 Å². The van der Waals surface area contributed by atoms with Gasteiger partial charge in [-0.15, -0.1) is 11.7 Å². The lowest BCUT2D eigenvalue weighted by molar-refractivity contribution is 0.0373. The first-order valence-electron chi connectivity index (χ1n) is 8.12. The third kappa shape index (κ3) is 4.89. The van der Waals surface area contributed by atoms with Crippen molar-refractivity contribution in [2.24, 2.45) is 0 Å². The van der Waals surface area contributed by atoms with Crippen LogP contribution in [-0.4, -0.2) is 39.4 Å². The molecule has 1 aromatic heterocycles. The van der Waals surface area contributed by atoms with Crippen molar-refractivity contribution in [1.82, 2.24) is 15.0 Å². The van der Waals surface area contributed by atoms with E-state index in [1.807, 2.05) is 36.4 Å². The second kappa shape index (κ2) is 8.41. The molecule has 2 aromatic carbocycles. The summed E-state index contributed by atoms with van der Waals surface area (Å²) in [5, 5.41) is 20.2. The van der Waals surface area contributed by atoms with Crippen molar-refractivity contribution in [2.75, 3.05) is 13.2 Å². The largest absolute Gasteiger partial charge is 0.487 e. The average Bonchev–Trinajstić information content (AvgIpc) is 3.07. The van der Waals surface area contributed by atoms with Crippen LogP contribution in [0.1, 0.15) is 5.69 Å². The monoisotopic (exact) mass is 339 g/mol. The Morgan fingerprint density at radius 1 is 1.20 bits per heavy atom. The second-order valence-corrected chi connectivity index (χ2v) is 5.71. The predicted octanol–water partition coefficient (Wildman–Crippen LogP) is 2.57. The van der Waals surface area contributed by atoms with Gasteiger partial charge in [0.1, 0.15) is 18.1 Å². The number of hydrogen-bond donors (Lipinski definition) is 1. The molecule has 0 saturated heterocycles. The van der Waals surface area contributed by atoms with E-state index in [0.717, 1.165) is 11.1 Å². The van der Waals surface area contributed by atoms with Crippen LogP contribution in [0.2, 0.25) is 0 Å². The third-order valence-electron chi connectivity index (χ3n) is 3.64. The number of fused-ring (bicyclic) bond motifs is 1. The van der Waals surface area contributed by atoms with Crippen LogP contribution in [0.15, 0.2) is 61.3 Å². The molecule has 1 N–H and O–H groups in total. The summed E-state index contributed by atoms with van der Waals surface area (Å²) in [4.78, 5) is 0. The zero-order valence-electron chi connectivity index (χ0n) is 13.9. The van der Waals surface area contributed by atoms with Gasteiger partial charge in [0, 0.05) is 0 Å². The van der Waals surface area contributed by atoms with Gasteiger partial charge in [0.05, 0.1) is 32.1 Å². The molecule has 0 fully saturated rings. The molecule has 0 aliphatic carbocycles. The number of nitrogens with zero attached hydrogens (tertiary/aromatic N) is 3. The van der Waals surface area contributed by atoms with Crippen molar-refractivity contribution < 1.29 is 14.6 Å². The van der Waals surface area contributed by atoms with E-state index in [-0.39, 0.29) is 6.61 Å². The quantitative estimate of drug-likeness (QED) is 0.479. The number of ether oxygens (including phenoxy) is 2. The molecule has 0 aliphatic heterocycles. The number of benzene rings is 2. The Kier molecular flexibility index (Phi) is 5.77. The Balaban J connectivity index is 1.53. The Morgan fingerprint density at radius 3 is 2.88 bits per heavy atom. The summed E-state index contributed by atoms with van der Waals surface area (Å²) in [7, 11) is 0. The number of aliphatic hydroxyl groups is 1. The maximum atomic E-state index is 9.87. The van der Waals surface area contributed by atoms with Gasteiger partial charge in [-0.05, 0) is 22.9 Å². The first-order chi connectivity index (χ1) is 12.2. The highest BCUT2D eigenvalue weighted by molar-refractivity contribution is 5.83. The molecule has 1 atom stereocenters. The molecule has 0 bridgehead atoms. The van der Waals surface area contributed by atoms with Crippen LogP contribution in [0.5, 0.6) is 5.75 Å². The second-order valence-electron chi connectivity index (χ2n) is 5.71. The highest BCUT2D eigenvalue weighted by atomic mass is 16.5. The van der Waals surface area contributed by atoms with Gasteiger partial charge in [-0.25, -0.2) is 4.68 Å². The third-order valence-corrected chi connectivity index (χ3v) is 3.64. The molecular formula is C19H21N3O3. The fourth-order valence-electron chi connectivity index (χ4n) is 2.46. The lowest BCUT2D eigenvalue weighted by Gasteiger charge is -2.09. The highest BCUT2D eigenvalue weighted by Gasteiger charge is 2.08. The summed E-state index contributed by atoms with van der Waals surface area (Å²) in [6, 6.07) is 14.1. The number of hydrogen-bond acceptors (Lipinski definition) is 5. The standard InChI is InChI=1S/C19H21N3O3/c1-2-9-24-14-18(23)12-22-11-17(20-21-22)13-25-19-8-7-15-5-3-4-6-16(15)10-19/h2-8,10-11,18,23H,1,9,12-14H2. The Labute approximate surface area is 146 Å². The van der Waals surface area contributed by atoms with Gasteiger partial charge in [-0.3, -0.25) is 0 Å². The van der Waals surface area contributed by atoms with Gasteiger partial charge in [0.15, 0.2) is 0 Å². The van der Waals surface area contributed by atoms with Gasteiger partial charge in [-0.2, -0.15) is 0 Å². The zero-order valence-corrected chi connectivity index (χ0v) is 13.9. The minimum atomic E-state index is -0.643. The smallest absolute Gasteiger partial charge is 0.134 e. The first kappa shape index (κ1) is 17.1. The van der Waals surface area contributed by atoms with Crippen LogP contribution >= 0.6 is 0 Å². The molecule has 6 heteroatoms. The van der Waals surface area contributed by atoms with Crippen LogP contribution < -0.4 is 4.74 Å². The van der Waals surface area contributed by atoms with Crippen LogP contribution in [-0.2, 0) is 17.9 Å². The van der Waals surface area contributed by atoms with Crippen LogP contribution in [0, 0.1) is 0 Å². The zero-order chi connectivity index (χ0) is 17.5. The first-order valence-corrected chi connectivity index (χ1v) is 8.12. The molecule has 0 saturated carbocycles. The van der Waals surface area contributed by atoms with Crippen molar-refractivity contribution in [3.63, 3.8) is 0 Å². The van der Waals surface area contributed by atoms with Gasteiger partial charge in [-0.1, -0.05) is 41.6 Å². The molecule has 1 unspecified atom stereocenters. The van der Waals surface area contributed by atoms with E-state index in [2.05, 4.69) is 23.0 Å². The van der Waals surface area contributed by atoms with E-state index in [4.69, 9.17) is 9.47 Å². The van der Waals surface area contributed by atoms with Gasteiger partial charge < -0.3 is 14.6 Å². The van der Waals surface area contributed by atoms with Gasteiger partial charge in [0.2, 0.25) is 0 Å². The summed E-state index contributed by atoms with van der Waals surface area (Å²) >= 11 is 0. The number of aliphatic hydroxyl groups excluding tert-OH is 1. The summed E-state index contributed by atoms with van der Waals surface area (Å²) in [5.74, 6) is 0.783. The molecule has 6 nitrogen and oxygen atoms in total. The average molecular weight is 339 g/mol. The van der Waals surface area contributed by atoms with Crippen molar-refractivity contribution in [3.05, 3.63) is 67.0 Å². The molecule has 1 heterocycles. The molecule has 3 aromatic rings. The topological polar surface area (TPSA) is 69.4 Å². The van der Waals surface area contributed by atoms with Crippen LogP contribution in [0.3, 0.4) is 0 Å². The van der Waals surface area contributed by atoms with E-state index in [9.17, 15) is 5.11 Å². The number of rotatable bonds is 9. The lowest BCUT2D eigenvalue weighted by Crippen LogP contribution is -2.22. The minimum Gasteiger partial charge on any atom is -0.487 e. The molecule has 0 aliphatic rings. The Bertz CT molecular complexity index is 831. The summed E-state index contributed by atoms with van der Waals surface area (Å²) in [6.45, 7) is 4.85. The fourth-order valence-corrected chi connectivity index (χ4v) is 2.46. The summed E-state index contributed by atoms with van der Waals surface area (Å²) in [5.41, 5.74) is 0.701. The van der Waals surface area contributed by atoms with E-state index in [1.54, 1.807) is 17.0 Å². The van der Waals surface area contributed by atoms with Gasteiger partial charge >= 0.3 is 0 Å². The normalized spacial score (nSPS) is 12.2. The Hall–Kier alpha value is -2.70. The predicted molar refractivity (Wildman–Crippen MR) is 95.3 cm³/mol. The number of aromatic nitrogens is 3. The maximum Gasteiger partial charge on any atom is 0.134 e. The molecule has 130 valence electrons. The van der Waals surface area contributed by atoms with Crippen molar-refractivity contribution in [2.45, 2.75) is 19.3 Å². The SMILES string of the molecule is C=CCOCC(O)Cn1cc(COc2ccc3ccccc3c2)nn1. The van der Waals surface area contributed by atoms with E-state index >= 15 is 0 Å². The van der Waals surface area contributed by atoms with Gasteiger partial charge in [0.25, 0.3) is 0 Å². The molecule has 0 radical (unpaired) electrons. The van der Waals surface area contributed by atoms with E-state index in [1.165, 1.54) is 5.39 Å². The fraction of sp³-hybridized carbons (Fsp3) is 0.263. The molecular weight excluding hydrogens is 318 g/mol. The van der Waals surface area contributed by atoms with Crippen molar-refractivity contribution >= 4 is 10.8 Å². The van der Waals surface area contributed by atoms with E-state index in [0.29, 0.717) is 25.5 Å². The van der Waals surface area contributed by atoms with Crippen LogP contribution in [0.4, 0.5) is 0 Å². The minimum absolute atomic E-state index is 0.231. The molecule has 3 rings (SSSR count). The molecule has 25 heavy (non-hydrogen) atoms. The highest BCUT2D eigenvalue weighted by Crippen LogP contribution is 2.21. The lowest BCUT2D eigenvalue weighted by atomic mass is 10.1. The Morgan fingerprint density at radius 2 is 2.04 bits per heavy atom. The van der Waals surface area contributed by atoms with Crippen LogP contribution in [0.25, 0.3) is 10.8 Å². The maximum absolute atomic E-state index is 9.87. The molecule has 0 spiro atoms. The van der Waals surface area contributed by atoms with Crippen molar-refractivity contribution in [1.29, 1.82) is 0 Å². The summed E-state index contributed by atoms with van der Waals surface area (Å²) < 4.78 is 12.6.